The third kappa shape index (κ3) is 2.86. The average molecular weight is 297 g/mol. The molecule has 0 aliphatic carbocycles. The van der Waals surface area contributed by atoms with Crippen molar-refractivity contribution in [2.24, 2.45) is 12.8 Å². The lowest BCUT2D eigenvalue weighted by atomic mass is 10.3. The Kier molecular flexibility index (Phi) is 3.87. The van der Waals surface area contributed by atoms with Gasteiger partial charge in [0.2, 0.25) is 0 Å². The van der Waals surface area contributed by atoms with E-state index in [4.69, 9.17) is 5.73 Å². The molecule has 0 atom stereocenters. The van der Waals surface area contributed by atoms with E-state index in [1.165, 1.54) is 10.9 Å². The minimum absolute atomic E-state index is 0.149. The maximum Gasteiger partial charge on any atom is 0.263 e. The summed E-state index contributed by atoms with van der Waals surface area (Å²) in [5, 5.41) is 3.93. The molecule has 0 bridgehead atoms. The van der Waals surface area contributed by atoms with Gasteiger partial charge in [-0.05, 0) is 19.9 Å². The normalized spacial score (nSPS) is 12.1. The molecule has 0 saturated carbocycles. The van der Waals surface area contributed by atoms with Gasteiger partial charge in [0.05, 0.1) is 11.9 Å². The molecule has 0 fully saturated rings. The van der Waals surface area contributed by atoms with E-state index in [-0.39, 0.29) is 10.9 Å². The van der Waals surface area contributed by atoms with E-state index in [1.807, 2.05) is 18.4 Å². The average Bonchev–Trinajstić information content (AvgIpc) is 2.95. The van der Waals surface area contributed by atoms with E-state index in [9.17, 15) is 8.42 Å². The smallest absolute Gasteiger partial charge is 0.263 e. The third-order valence-electron chi connectivity index (χ3n) is 2.94. The fourth-order valence-corrected chi connectivity index (χ4v) is 3.05. The van der Waals surface area contributed by atoms with Crippen LogP contribution in [-0.2, 0) is 23.6 Å². The summed E-state index contributed by atoms with van der Waals surface area (Å²) in [5.41, 5.74) is 6.87. The number of rotatable bonds is 5. The zero-order valence-electron chi connectivity index (χ0n) is 11.7. The second-order valence-corrected chi connectivity index (χ2v) is 6.56. The number of sulfonamides is 1. The van der Waals surface area contributed by atoms with Gasteiger partial charge in [-0.3, -0.25) is 9.40 Å². The molecule has 2 aromatic rings. The molecular formula is C12H19N5O2S. The maximum atomic E-state index is 12.3. The predicted octanol–water partition coefficient (Wildman–Crippen LogP) is 1.06. The van der Waals surface area contributed by atoms with Crippen molar-refractivity contribution >= 4 is 15.7 Å². The van der Waals surface area contributed by atoms with Crippen LogP contribution in [0.15, 0.2) is 29.6 Å². The van der Waals surface area contributed by atoms with Gasteiger partial charge >= 0.3 is 0 Å². The van der Waals surface area contributed by atoms with Crippen LogP contribution in [0.5, 0.6) is 0 Å². The van der Waals surface area contributed by atoms with Crippen LogP contribution >= 0.6 is 0 Å². The SMILES string of the molecule is CC(C)n1cc(S(=O)(=O)Nc2cnn(C)c2)cc1CN. The Morgan fingerprint density at radius 3 is 2.55 bits per heavy atom. The lowest BCUT2D eigenvalue weighted by Gasteiger charge is -2.10. The van der Waals surface area contributed by atoms with Crippen LogP contribution in [0, 0.1) is 0 Å². The number of nitrogens with two attached hydrogens (primary N) is 1. The van der Waals surface area contributed by atoms with Gasteiger partial charge < -0.3 is 10.3 Å². The highest BCUT2D eigenvalue weighted by Crippen LogP contribution is 2.21. The van der Waals surface area contributed by atoms with E-state index in [0.717, 1.165) is 5.69 Å². The highest BCUT2D eigenvalue weighted by Gasteiger charge is 2.19. The van der Waals surface area contributed by atoms with E-state index < -0.39 is 10.0 Å². The molecule has 0 saturated heterocycles. The first-order chi connectivity index (χ1) is 9.33. The first-order valence-electron chi connectivity index (χ1n) is 6.26. The fourth-order valence-electron chi connectivity index (χ4n) is 1.98. The highest BCUT2D eigenvalue weighted by atomic mass is 32.2. The molecule has 0 spiro atoms. The van der Waals surface area contributed by atoms with Crippen molar-refractivity contribution in [2.75, 3.05) is 4.72 Å². The Labute approximate surface area is 118 Å². The van der Waals surface area contributed by atoms with Crippen molar-refractivity contribution in [2.45, 2.75) is 31.3 Å². The van der Waals surface area contributed by atoms with Crippen LogP contribution in [0.1, 0.15) is 25.6 Å². The van der Waals surface area contributed by atoms with E-state index in [0.29, 0.717) is 12.2 Å². The van der Waals surface area contributed by atoms with E-state index in [1.54, 1.807) is 25.5 Å². The van der Waals surface area contributed by atoms with Crippen LogP contribution in [0.4, 0.5) is 5.69 Å². The van der Waals surface area contributed by atoms with Gasteiger partial charge in [0, 0.05) is 37.7 Å². The van der Waals surface area contributed by atoms with Crippen LogP contribution in [0.2, 0.25) is 0 Å². The van der Waals surface area contributed by atoms with Gasteiger partial charge in [-0.2, -0.15) is 5.10 Å². The van der Waals surface area contributed by atoms with Crippen molar-refractivity contribution in [1.29, 1.82) is 0 Å². The van der Waals surface area contributed by atoms with Crippen molar-refractivity contribution < 1.29 is 8.42 Å². The van der Waals surface area contributed by atoms with Gasteiger partial charge in [-0.1, -0.05) is 0 Å². The molecule has 20 heavy (non-hydrogen) atoms. The second kappa shape index (κ2) is 5.29. The van der Waals surface area contributed by atoms with E-state index >= 15 is 0 Å². The Bertz CT molecular complexity index is 699. The molecule has 0 radical (unpaired) electrons. The monoisotopic (exact) mass is 297 g/mol. The summed E-state index contributed by atoms with van der Waals surface area (Å²) in [6.07, 6.45) is 4.66. The number of nitrogens with one attached hydrogen (secondary N) is 1. The molecular weight excluding hydrogens is 278 g/mol. The lowest BCUT2D eigenvalue weighted by Crippen LogP contribution is -2.12. The number of hydrogen-bond donors (Lipinski definition) is 2. The summed E-state index contributed by atoms with van der Waals surface area (Å²) in [4.78, 5) is 0.204. The molecule has 2 aromatic heterocycles. The highest BCUT2D eigenvalue weighted by molar-refractivity contribution is 7.92. The second-order valence-electron chi connectivity index (χ2n) is 4.88. The quantitative estimate of drug-likeness (QED) is 0.862. The number of nitrogens with zero attached hydrogens (tertiary/aromatic N) is 3. The molecule has 0 aromatic carbocycles. The van der Waals surface area contributed by atoms with E-state index in [2.05, 4.69) is 9.82 Å². The van der Waals surface area contributed by atoms with Crippen LogP contribution in [0.3, 0.4) is 0 Å². The Morgan fingerprint density at radius 1 is 1.40 bits per heavy atom. The molecule has 7 nitrogen and oxygen atoms in total. The molecule has 0 amide bonds. The zero-order valence-corrected chi connectivity index (χ0v) is 12.6. The molecule has 8 heteroatoms. The molecule has 3 N–H and O–H groups in total. The van der Waals surface area contributed by atoms with Gasteiger partial charge in [0.15, 0.2) is 0 Å². The van der Waals surface area contributed by atoms with Crippen molar-refractivity contribution in [3.05, 3.63) is 30.4 Å². The van der Waals surface area contributed by atoms with Gasteiger partial charge in [-0.15, -0.1) is 0 Å². The molecule has 2 heterocycles. The minimum Gasteiger partial charge on any atom is -0.346 e. The number of aromatic nitrogens is 3. The van der Waals surface area contributed by atoms with Gasteiger partial charge in [-0.25, -0.2) is 8.42 Å². The zero-order chi connectivity index (χ0) is 14.9. The summed E-state index contributed by atoms with van der Waals surface area (Å²) in [7, 11) is -1.90. The molecule has 2 rings (SSSR count). The molecule has 0 aliphatic rings. The van der Waals surface area contributed by atoms with Crippen molar-refractivity contribution in [3.8, 4) is 0 Å². The minimum atomic E-state index is -3.62. The standard InChI is InChI=1S/C12H19N5O2S/c1-9(2)17-8-12(4-11(17)5-13)20(18,19)15-10-6-14-16(3)7-10/h4,6-9,15H,5,13H2,1-3H3. The first-order valence-corrected chi connectivity index (χ1v) is 7.74. The Balaban J connectivity index is 2.34. The predicted molar refractivity (Wildman–Crippen MR) is 76.7 cm³/mol. The molecule has 0 aliphatic heterocycles. The van der Waals surface area contributed by atoms with Crippen molar-refractivity contribution in [3.63, 3.8) is 0 Å². The summed E-state index contributed by atoms with van der Waals surface area (Å²) < 4.78 is 30.5. The van der Waals surface area contributed by atoms with Gasteiger partial charge in [0.25, 0.3) is 10.0 Å². The third-order valence-corrected chi connectivity index (χ3v) is 4.29. The molecule has 0 unspecified atom stereocenters. The van der Waals surface area contributed by atoms with Crippen LogP contribution in [0.25, 0.3) is 0 Å². The summed E-state index contributed by atoms with van der Waals surface area (Å²) in [6, 6.07) is 1.74. The summed E-state index contributed by atoms with van der Waals surface area (Å²) in [5.74, 6) is 0. The largest absolute Gasteiger partial charge is 0.346 e. The van der Waals surface area contributed by atoms with Crippen LogP contribution < -0.4 is 10.5 Å². The maximum absolute atomic E-state index is 12.3. The first kappa shape index (κ1) is 14.6. The lowest BCUT2D eigenvalue weighted by molar-refractivity contribution is 0.573. The molecule has 110 valence electrons. The summed E-state index contributed by atoms with van der Waals surface area (Å²) in [6.45, 7) is 4.24. The number of anilines is 1. The Morgan fingerprint density at radius 2 is 2.10 bits per heavy atom. The summed E-state index contributed by atoms with van der Waals surface area (Å²) >= 11 is 0. The number of aryl methyl sites for hydroxylation is 1. The van der Waals surface area contributed by atoms with Crippen molar-refractivity contribution in [1.82, 2.24) is 14.3 Å². The number of hydrogen-bond acceptors (Lipinski definition) is 4. The fraction of sp³-hybridized carbons (Fsp3) is 0.417. The van der Waals surface area contributed by atoms with Gasteiger partial charge in [0.1, 0.15) is 4.90 Å². The topological polar surface area (TPSA) is 94.9 Å². The van der Waals surface area contributed by atoms with Crippen LogP contribution in [-0.4, -0.2) is 22.8 Å². The Hall–Kier alpha value is -1.80.